The van der Waals surface area contributed by atoms with Crippen molar-refractivity contribution in [3.63, 3.8) is 0 Å². The minimum atomic E-state index is 0.137. The van der Waals surface area contributed by atoms with Gasteiger partial charge in [-0.25, -0.2) is 0 Å². The van der Waals surface area contributed by atoms with Crippen LogP contribution in [0.1, 0.15) is 39.5 Å². The standard InChI is InChI=1S/C13H26N2O2/c1-11(2)5-3-4-6-15-13(16)9-12-10-17-8-7-14-12/h11-12,14H,3-10H2,1-2H3,(H,15,16). The number of hydrogen-bond acceptors (Lipinski definition) is 3. The molecule has 1 heterocycles. The first kappa shape index (κ1) is 14.5. The number of ether oxygens (including phenoxy) is 1. The van der Waals surface area contributed by atoms with Crippen LogP contribution < -0.4 is 10.6 Å². The van der Waals surface area contributed by atoms with Crippen molar-refractivity contribution in [1.82, 2.24) is 10.6 Å². The molecule has 0 bridgehead atoms. The van der Waals surface area contributed by atoms with Gasteiger partial charge in [-0.05, 0) is 12.3 Å². The Morgan fingerprint density at radius 1 is 1.47 bits per heavy atom. The molecule has 1 aliphatic rings. The summed E-state index contributed by atoms with van der Waals surface area (Å²) in [6.07, 6.45) is 4.05. The molecule has 1 rings (SSSR count). The summed E-state index contributed by atoms with van der Waals surface area (Å²) in [6, 6.07) is 0.194. The number of carbonyl (C=O) groups is 1. The monoisotopic (exact) mass is 242 g/mol. The summed E-state index contributed by atoms with van der Waals surface area (Å²) >= 11 is 0. The molecular weight excluding hydrogens is 216 g/mol. The SMILES string of the molecule is CC(C)CCCCNC(=O)CC1COCCN1. The summed E-state index contributed by atoms with van der Waals surface area (Å²) in [4.78, 5) is 11.6. The molecule has 1 saturated heterocycles. The molecule has 1 aliphatic heterocycles. The third kappa shape index (κ3) is 7.34. The molecule has 0 spiro atoms. The lowest BCUT2D eigenvalue weighted by molar-refractivity contribution is -0.122. The van der Waals surface area contributed by atoms with Gasteiger partial charge in [-0.15, -0.1) is 0 Å². The summed E-state index contributed by atoms with van der Waals surface area (Å²) in [5, 5.41) is 6.25. The van der Waals surface area contributed by atoms with Gasteiger partial charge in [0.1, 0.15) is 0 Å². The first-order chi connectivity index (χ1) is 8.18. The topological polar surface area (TPSA) is 50.4 Å². The summed E-state index contributed by atoms with van der Waals surface area (Å²) in [6.45, 7) is 7.53. The van der Waals surface area contributed by atoms with E-state index in [1.165, 1.54) is 12.8 Å². The maximum Gasteiger partial charge on any atom is 0.221 e. The number of morpholine rings is 1. The fourth-order valence-electron chi connectivity index (χ4n) is 1.95. The van der Waals surface area contributed by atoms with Gasteiger partial charge in [-0.3, -0.25) is 4.79 Å². The summed E-state index contributed by atoms with van der Waals surface area (Å²) in [5.41, 5.74) is 0. The number of rotatable bonds is 7. The van der Waals surface area contributed by atoms with Crippen molar-refractivity contribution in [2.75, 3.05) is 26.3 Å². The smallest absolute Gasteiger partial charge is 0.221 e. The van der Waals surface area contributed by atoms with E-state index in [-0.39, 0.29) is 11.9 Å². The van der Waals surface area contributed by atoms with E-state index in [9.17, 15) is 4.79 Å². The van der Waals surface area contributed by atoms with Crippen LogP contribution in [0.5, 0.6) is 0 Å². The number of amides is 1. The molecule has 17 heavy (non-hydrogen) atoms. The number of carbonyl (C=O) groups excluding carboxylic acids is 1. The van der Waals surface area contributed by atoms with Gasteiger partial charge in [0, 0.05) is 25.6 Å². The van der Waals surface area contributed by atoms with E-state index in [0.29, 0.717) is 13.0 Å². The van der Waals surface area contributed by atoms with Gasteiger partial charge in [-0.1, -0.05) is 26.7 Å². The van der Waals surface area contributed by atoms with E-state index in [2.05, 4.69) is 24.5 Å². The van der Waals surface area contributed by atoms with Crippen molar-refractivity contribution in [1.29, 1.82) is 0 Å². The normalized spacial score (nSPS) is 20.5. The molecule has 2 N–H and O–H groups in total. The largest absolute Gasteiger partial charge is 0.378 e. The number of hydrogen-bond donors (Lipinski definition) is 2. The first-order valence-corrected chi connectivity index (χ1v) is 6.76. The van der Waals surface area contributed by atoms with Crippen LogP contribution in [-0.2, 0) is 9.53 Å². The average molecular weight is 242 g/mol. The quantitative estimate of drug-likeness (QED) is 0.662. The van der Waals surface area contributed by atoms with Crippen LogP contribution in [0.3, 0.4) is 0 Å². The van der Waals surface area contributed by atoms with Gasteiger partial charge in [0.25, 0.3) is 0 Å². The minimum absolute atomic E-state index is 0.137. The van der Waals surface area contributed by atoms with Gasteiger partial charge >= 0.3 is 0 Å². The zero-order chi connectivity index (χ0) is 12.5. The predicted octanol–water partition coefficient (Wildman–Crippen LogP) is 1.31. The van der Waals surface area contributed by atoms with Gasteiger partial charge < -0.3 is 15.4 Å². The third-order valence-corrected chi connectivity index (χ3v) is 2.96. The summed E-state index contributed by atoms with van der Waals surface area (Å²) < 4.78 is 5.31. The molecule has 100 valence electrons. The first-order valence-electron chi connectivity index (χ1n) is 6.76. The van der Waals surface area contributed by atoms with Crippen LogP contribution in [0, 0.1) is 5.92 Å². The van der Waals surface area contributed by atoms with E-state index >= 15 is 0 Å². The number of unbranched alkanes of at least 4 members (excludes halogenated alkanes) is 1. The van der Waals surface area contributed by atoms with E-state index in [1.807, 2.05) is 0 Å². The summed E-state index contributed by atoms with van der Waals surface area (Å²) in [5.74, 6) is 0.895. The average Bonchev–Trinajstić information content (AvgIpc) is 2.29. The van der Waals surface area contributed by atoms with Gasteiger partial charge in [0.15, 0.2) is 0 Å². The van der Waals surface area contributed by atoms with Crippen molar-refractivity contribution >= 4 is 5.91 Å². The highest BCUT2D eigenvalue weighted by Gasteiger charge is 2.16. The van der Waals surface area contributed by atoms with Gasteiger partial charge in [-0.2, -0.15) is 0 Å². The molecule has 1 atom stereocenters. The Morgan fingerprint density at radius 2 is 2.29 bits per heavy atom. The highest BCUT2D eigenvalue weighted by molar-refractivity contribution is 5.76. The van der Waals surface area contributed by atoms with Crippen LogP contribution in [0.2, 0.25) is 0 Å². The van der Waals surface area contributed by atoms with Crippen LogP contribution in [0.15, 0.2) is 0 Å². The second kappa shape index (κ2) is 8.48. The highest BCUT2D eigenvalue weighted by atomic mass is 16.5. The third-order valence-electron chi connectivity index (χ3n) is 2.96. The zero-order valence-electron chi connectivity index (χ0n) is 11.1. The molecule has 0 radical (unpaired) electrons. The Labute approximate surface area is 104 Å². The maximum atomic E-state index is 11.6. The zero-order valence-corrected chi connectivity index (χ0v) is 11.1. The van der Waals surface area contributed by atoms with Gasteiger partial charge in [0.05, 0.1) is 13.2 Å². The molecule has 0 aromatic carbocycles. The molecule has 0 aliphatic carbocycles. The molecule has 1 fully saturated rings. The van der Waals surface area contributed by atoms with Crippen molar-refractivity contribution in [2.24, 2.45) is 5.92 Å². The van der Waals surface area contributed by atoms with Crippen molar-refractivity contribution in [3.05, 3.63) is 0 Å². The Balaban J connectivity index is 1.97. The molecular formula is C13H26N2O2. The Hall–Kier alpha value is -0.610. The predicted molar refractivity (Wildman–Crippen MR) is 68.9 cm³/mol. The van der Waals surface area contributed by atoms with E-state index in [1.54, 1.807) is 0 Å². The fraction of sp³-hybridized carbons (Fsp3) is 0.923. The number of nitrogens with one attached hydrogen (secondary N) is 2. The van der Waals surface area contributed by atoms with Crippen molar-refractivity contribution in [2.45, 2.75) is 45.6 Å². The Kier molecular flexibility index (Phi) is 7.21. The van der Waals surface area contributed by atoms with Crippen LogP contribution in [-0.4, -0.2) is 38.3 Å². The van der Waals surface area contributed by atoms with E-state index in [0.717, 1.165) is 32.0 Å². The highest BCUT2D eigenvalue weighted by Crippen LogP contribution is 2.05. The van der Waals surface area contributed by atoms with E-state index < -0.39 is 0 Å². The van der Waals surface area contributed by atoms with Crippen molar-refractivity contribution < 1.29 is 9.53 Å². The lowest BCUT2D eigenvalue weighted by Crippen LogP contribution is -2.44. The van der Waals surface area contributed by atoms with Crippen LogP contribution >= 0.6 is 0 Å². The summed E-state index contributed by atoms with van der Waals surface area (Å²) in [7, 11) is 0. The maximum absolute atomic E-state index is 11.6. The second-order valence-corrected chi connectivity index (χ2v) is 5.17. The molecule has 0 aromatic heterocycles. The lowest BCUT2D eigenvalue weighted by atomic mass is 10.1. The second-order valence-electron chi connectivity index (χ2n) is 5.17. The van der Waals surface area contributed by atoms with Crippen molar-refractivity contribution in [3.8, 4) is 0 Å². The van der Waals surface area contributed by atoms with Crippen LogP contribution in [0.25, 0.3) is 0 Å². The fourth-order valence-corrected chi connectivity index (χ4v) is 1.95. The minimum Gasteiger partial charge on any atom is -0.378 e. The molecule has 1 amide bonds. The molecule has 4 nitrogen and oxygen atoms in total. The lowest BCUT2D eigenvalue weighted by Gasteiger charge is -2.23. The molecule has 0 saturated carbocycles. The molecule has 4 heteroatoms. The Morgan fingerprint density at radius 3 is 2.94 bits per heavy atom. The van der Waals surface area contributed by atoms with E-state index in [4.69, 9.17) is 4.74 Å². The Bertz CT molecular complexity index is 213. The van der Waals surface area contributed by atoms with Gasteiger partial charge in [0.2, 0.25) is 5.91 Å². The molecule has 1 unspecified atom stereocenters. The van der Waals surface area contributed by atoms with Crippen LogP contribution in [0.4, 0.5) is 0 Å². The molecule has 0 aromatic rings.